The lowest BCUT2D eigenvalue weighted by molar-refractivity contribution is 0.500. The molecule has 0 radical (unpaired) electrons. The molecule has 1 fully saturated rings. The monoisotopic (exact) mass is 276 g/mol. The van der Waals surface area contributed by atoms with Gasteiger partial charge in [-0.05, 0) is 37.4 Å². The summed E-state index contributed by atoms with van der Waals surface area (Å²) in [7, 11) is 0. The van der Waals surface area contributed by atoms with Gasteiger partial charge in [-0.3, -0.25) is 4.40 Å². The fourth-order valence-corrected chi connectivity index (χ4v) is 3.47. The molecule has 2 aromatic heterocycles. The Morgan fingerprint density at radius 2 is 2.16 bits per heavy atom. The minimum absolute atomic E-state index is 0.916. The van der Waals surface area contributed by atoms with Crippen molar-refractivity contribution in [2.75, 3.05) is 18.8 Å². The van der Waals surface area contributed by atoms with Gasteiger partial charge in [0.2, 0.25) is 0 Å². The summed E-state index contributed by atoms with van der Waals surface area (Å²) in [4.78, 5) is 0. The van der Waals surface area contributed by atoms with Crippen LogP contribution in [0.25, 0.3) is 5.65 Å². The average Bonchev–Trinajstić information content (AvgIpc) is 3.08. The number of hydrogen-bond acceptors (Lipinski definition) is 4. The largest absolute Gasteiger partial charge is 0.316 e. The number of nitrogens with one attached hydrogen (secondary N) is 1. The Morgan fingerprint density at radius 3 is 3.05 bits per heavy atom. The van der Waals surface area contributed by atoms with Gasteiger partial charge in [0.1, 0.15) is 0 Å². The summed E-state index contributed by atoms with van der Waals surface area (Å²) in [5, 5.41) is 12.9. The van der Waals surface area contributed by atoms with Crippen molar-refractivity contribution in [3.05, 3.63) is 24.4 Å². The molecule has 4 nitrogen and oxygen atoms in total. The van der Waals surface area contributed by atoms with Gasteiger partial charge in [-0.2, -0.15) is 0 Å². The number of aromatic nitrogens is 3. The lowest BCUT2D eigenvalue weighted by Gasteiger charge is -2.09. The molecule has 0 amide bonds. The molecule has 3 rings (SSSR count). The summed E-state index contributed by atoms with van der Waals surface area (Å²) in [6.45, 7) is 2.23. The Labute approximate surface area is 118 Å². The standard InChI is InChI=1S/C14H20N4S/c1-2-6-12(5-1)11-15-8-10-19-14-17-16-13-7-3-4-9-18(13)14/h3-4,7,9,12,15H,1-2,5-6,8,10-11H2. The molecule has 1 aliphatic carbocycles. The number of thioether (sulfide) groups is 1. The Kier molecular flexibility index (Phi) is 4.35. The molecule has 5 heteroatoms. The van der Waals surface area contributed by atoms with E-state index in [-0.39, 0.29) is 0 Å². The maximum atomic E-state index is 4.22. The minimum Gasteiger partial charge on any atom is -0.316 e. The van der Waals surface area contributed by atoms with Crippen LogP contribution in [0.2, 0.25) is 0 Å². The van der Waals surface area contributed by atoms with Crippen LogP contribution in [-0.2, 0) is 0 Å². The highest BCUT2D eigenvalue weighted by molar-refractivity contribution is 7.99. The molecule has 0 saturated heterocycles. The molecule has 0 aliphatic heterocycles. The van der Waals surface area contributed by atoms with Gasteiger partial charge in [0.25, 0.3) is 0 Å². The molecule has 0 unspecified atom stereocenters. The third-order valence-electron chi connectivity index (χ3n) is 3.70. The maximum absolute atomic E-state index is 4.22. The quantitative estimate of drug-likeness (QED) is 0.650. The minimum atomic E-state index is 0.916. The first-order valence-electron chi connectivity index (χ1n) is 7.07. The molecule has 1 N–H and O–H groups in total. The topological polar surface area (TPSA) is 42.2 Å². The van der Waals surface area contributed by atoms with Gasteiger partial charge >= 0.3 is 0 Å². The number of pyridine rings is 1. The first-order chi connectivity index (χ1) is 9.43. The van der Waals surface area contributed by atoms with Crippen molar-refractivity contribution in [2.45, 2.75) is 30.8 Å². The van der Waals surface area contributed by atoms with Crippen LogP contribution in [0, 0.1) is 5.92 Å². The molecular formula is C14H20N4S. The number of rotatable bonds is 6. The van der Waals surface area contributed by atoms with Crippen molar-refractivity contribution in [1.82, 2.24) is 19.9 Å². The summed E-state index contributed by atoms with van der Waals surface area (Å²) in [5.74, 6) is 1.96. The van der Waals surface area contributed by atoms with E-state index in [1.165, 1.54) is 32.2 Å². The lowest BCUT2D eigenvalue weighted by atomic mass is 10.1. The highest BCUT2D eigenvalue weighted by atomic mass is 32.2. The normalized spacial score (nSPS) is 16.4. The summed E-state index contributed by atoms with van der Waals surface area (Å²) in [6.07, 6.45) is 7.69. The second kappa shape index (κ2) is 6.39. The zero-order chi connectivity index (χ0) is 12.9. The highest BCUT2D eigenvalue weighted by Crippen LogP contribution is 2.23. The fourth-order valence-electron chi connectivity index (χ4n) is 2.65. The van der Waals surface area contributed by atoms with Crippen LogP contribution in [0.15, 0.2) is 29.6 Å². The molecule has 0 atom stereocenters. The molecule has 0 spiro atoms. The van der Waals surface area contributed by atoms with Crippen LogP contribution < -0.4 is 5.32 Å². The fraction of sp³-hybridized carbons (Fsp3) is 0.571. The third kappa shape index (κ3) is 3.28. The van der Waals surface area contributed by atoms with E-state index in [1.54, 1.807) is 11.8 Å². The Morgan fingerprint density at radius 1 is 1.26 bits per heavy atom. The number of fused-ring (bicyclic) bond motifs is 1. The van der Waals surface area contributed by atoms with Crippen molar-refractivity contribution in [3.8, 4) is 0 Å². The molecule has 102 valence electrons. The SMILES string of the molecule is c1ccn2c(SCCNCC3CCCC3)nnc2c1. The first kappa shape index (κ1) is 12.9. The van der Waals surface area contributed by atoms with Crippen LogP contribution in [0.4, 0.5) is 0 Å². The molecule has 1 saturated carbocycles. The number of nitrogens with zero attached hydrogens (tertiary/aromatic N) is 3. The molecule has 2 heterocycles. The van der Waals surface area contributed by atoms with Gasteiger partial charge in [-0.25, -0.2) is 0 Å². The van der Waals surface area contributed by atoms with E-state index in [4.69, 9.17) is 0 Å². The lowest BCUT2D eigenvalue weighted by Crippen LogP contribution is -2.23. The van der Waals surface area contributed by atoms with Crippen molar-refractivity contribution < 1.29 is 0 Å². The highest BCUT2D eigenvalue weighted by Gasteiger charge is 2.13. The van der Waals surface area contributed by atoms with E-state index < -0.39 is 0 Å². The van der Waals surface area contributed by atoms with E-state index in [1.807, 2.05) is 28.8 Å². The molecule has 19 heavy (non-hydrogen) atoms. The first-order valence-corrected chi connectivity index (χ1v) is 8.05. The third-order valence-corrected chi connectivity index (χ3v) is 4.65. The van der Waals surface area contributed by atoms with Gasteiger partial charge in [-0.15, -0.1) is 10.2 Å². The van der Waals surface area contributed by atoms with Crippen LogP contribution in [0.5, 0.6) is 0 Å². The van der Waals surface area contributed by atoms with Crippen LogP contribution in [0.1, 0.15) is 25.7 Å². The van der Waals surface area contributed by atoms with Crippen molar-refractivity contribution in [1.29, 1.82) is 0 Å². The number of hydrogen-bond donors (Lipinski definition) is 1. The van der Waals surface area contributed by atoms with Crippen LogP contribution in [0.3, 0.4) is 0 Å². The van der Waals surface area contributed by atoms with Crippen LogP contribution in [-0.4, -0.2) is 33.4 Å². The van der Waals surface area contributed by atoms with E-state index >= 15 is 0 Å². The Bertz CT molecular complexity index is 519. The van der Waals surface area contributed by atoms with E-state index in [0.717, 1.165) is 29.0 Å². The predicted molar refractivity (Wildman–Crippen MR) is 78.5 cm³/mol. The predicted octanol–water partition coefficient (Wildman–Crippen LogP) is 2.60. The summed E-state index contributed by atoms with van der Waals surface area (Å²) < 4.78 is 2.04. The zero-order valence-electron chi connectivity index (χ0n) is 11.1. The summed E-state index contributed by atoms with van der Waals surface area (Å²) in [5.41, 5.74) is 0.920. The second-order valence-electron chi connectivity index (χ2n) is 5.11. The molecular weight excluding hydrogens is 256 g/mol. The second-order valence-corrected chi connectivity index (χ2v) is 6.18. The van der Waals surface area contributed by atoms with Gasteiger partial charge in [0.15, 0.2) is 10.8 Å². The molecule has 0 aromatic carbocycles. The van der Waals surface area contributed by atoms with Crippen molar-refractivity contribution in [3.63, 3.8) is 0 Å². The summed E-state index contributed by atoms with van der Waals surface area (Å²) in [6, 6.07) is 5.98. The molecule has 0 bridgehead atoms. The Balaban J connectivity index is 1.42. The van der Waals surface area contributed by atoms with Gasteiger partial charge in [0, 0.05) is 18.5 Å². The van der Waals surface area contributed by atoms with Gasteiger partial charge in [0.05, 0.1) is 0 Å². The average molecular weight is 276 g/mol. The van der Waals surface area contributed by atoms with Crippen molar-refractivity contribution in [2.24, 2.45) is 5.92 Å². The van der Waals surface area contributed by atoms with E-state index in [0.29, 0.717) is 0 Å². The maximum Gasteiger partial charge on any atom is 0.195 e. The summed E-state index contributed by atoms with van der Waals surface area (Å²) >= 11 is 1.77. The zero-order valence-corrected chi connectivity index (χ0v) is 11.9. The Hall–Kier alpha value is -1.07. The van der Waals surface area contributed by atoms with Crippen LogP contribution >= 0.6 is 11.8 Å². The smallest absolute Gasteiger partial charge is 0.195 e. The van der Waals surface area contributed by atoms with Gasteiger partial charge < -0.3 is 5.32 Å². The molecule has 1 aliphatic rings. The van der Waals surface area contributed by atoms with E-state index in [2.05, 4.69) is 15.5 Å². The molecule has 2 aromatic rings. The van der Waals surface area contributed by atoms with Gasteiger partial charge in [-0.1, -0.05) is 30.7 Å². The van der Waals surface area contributed by atoms with Crippen molar-refractivity contribution >= 4 is 17.4 Å². The van der Waals surface area contributed by atoms with E-state index in [9.17, 15) is 0 Å².